The van der Waals surface area contributed by atoms with Crippen LogP contribution in [-0.2, 0) is 11.3 Å². The molecule has 21 heavy (non-hydrogen) atoms. The predicted molar refractivity (Wildman–Crippen MR) is 84.8 cm³/mol. The maximum Gasteiger partial charge on any atom is 0.223 e. The molecule has 2 aromatic rings. The topological polar surface area (TPSA) is 33.2 Å². The molecule has 0 radical (unpaired) electrons. The Balaban J connectivity index is 1.97. The van der Waals surface area contributed by atoms with E-state index in [4.69, 9.17) is 0 Å². The second-order valence-electron chi connectivity index (χ2n) is 5.28. The largest absolute Gasteiger partial charge is 0.339 e. The van der Waals surface area contributed by atoms with Gasteiger partial charge in [-0.25, -0.2) is 0 Å². The van der Waals surface area contributed by atoms with E-state index in [0.717, 1.165) is 12.1 Å². The van der Waals surface area contributed by atoms with Gasteiger partial charge in [0.1, 0.15) is 0 Å². The van der Waals surface area contributed by atoms with E-state index in [0.29, 0.717) is 13.0 Å². The Morgan fingerprint density at radius 1 is 1.14 bits per heavy atom. The van der Waals surface area contributed by atoms with Gasteiger partial charge in [0.2, 0.25) is 5.91 Å². The number of carbonyl (C=O) groups is 1. The third-order valence-corrected chi connectivity index (χ3v) is 3.71. The van der Waals surface area contributed by atoms with Gasteiger partial charge >= 0.3 is 0 Å². The molecule has 3 nitrogen and oxygen atoms in total. The average molecular weight is 282 g/mol. The minimum absolute atomic E-state index is 0.200. The van der Waals surface area contributed by atoms with Crippen molar-refractivity contribution in [2.45, 2.75) is 32.7 Å². The van der Waals surface area contributed by atoms with Crippen LogP contribution in [0, 0.1) is 0 Å². The molecule has 1 unspecified atom stereocenters. The van der Waals surface area contributed by atoms with Crippen molar-refractivity contribution in [2.75, 3.05) is 6.54 Å². The van der Waals surface area contributed by atoms with Crippen LogP contribution in [0.3, 0.4) is 0 Å². The summed E-state index contributed by atoms with van der Waals surface area (Å²) in [6.45, 7) is 5.50. The molecule has 0 spiro atoms. The molecule has 2 rings (SSSR count). The van der Waals surface area contributed by atoms with Gasteiger partial charge in [-0.2, -0.15) is 0 Å². The standard InChI is InChI=1S/C18H22N2O/c1-3-20(14-16-9-11-19-12-10-16)18(21)13-15(2)17-7-5-4-6-8-17/h4-12,15H,3,13-14H2,1-2H3. The molecule has 0 aliphatic heterocycles. The van der Waals surface area contributed by atoms with Crippen molar-refractivity contribution in [3.63, 3.8) is 0 Å². The zero-order chi connectivity index (χ0) is 15.1. The van der Waals surface area contributed by atoms with E-state index in [1.807, 2.05) is 42.2 Å². The van der Waals surface area contributed by atoms with Crippen LogP contribution in [-0.4, -0.2) is 22.3 Å². The fourth-order valence-corrected chi connectivity index (χ4v) is 2.38. The molecule has 0 saturated heterocycles. The highest BCUT2D eigenvalue weighted by molar-refractivity contribution is 5.77. The van der Waals surface area contributed by atoms with Gasteiger partial charge in [0.15, 0.2) is 0 Å². The monoisotopic (exact) mass is 282 g/mol. The SMILES string of the molecule is CCN(Cc1ccncc1)C(=O)CC(C)c1ccccc1. The third kappa shape index (κ3) is 4.42. The lowest BCUT2D eigenvalue weighted by atomic mass is 9.97. The fourth-order valence-electron chi connectivity index (χ4n) is 2.38. The van der Waals surface area contributed by atoms with E-state index in [1.165, 1.54) is 5.56 Å². The molecule has 0 bridgehead atoms. The summed E-state index contributed by atoms with van der Waals surface area (Å²) in [4.78, 5) is 18.4. The number of carbonyl (C=O) groups excluding carboxylic acids is 1. The molecule has 1 amide bonds. The first-order valence-electron chi connectivity index (χ1n) is 7.42. The molecule has 3 heteroatoms. The number of hydrogen-bond acceptors (Lipinski definition) is 2. The molecule has 1 heterocycles. The van der Waals surface area contributed by atoms with Gasteiger partial charge < -0.3 is 4.90 Å². The van der Waals surface area contributed by atoms with Gasteiger partial charge in [0.05, 0.1) is 0 Å². The van der Waals surface area contributed by atoms with Gasteiger partial charge in [0.25, 0.3) is 0 Å². The van der Waals surface area contributed by atoms with Crippen LogP contribution in [0.1, 0.15) is 37.3 Å². The number of amides is 1. The number of rotatable bonds is 6. The van der Waals surface area contributed by atoms with Gasteiger partial charge in [-0.15, -0.1) is 0 Å². The summed E-state index contributed by atoms with van der Waals surface area (Å²) in [6, 6.07) is 14.1. The minimum Gasteiger partial charge on any atom is -0.339 e. The zero-order valence-corrected chi connectivity index (χ0v) is 12.7. The number of pyridine rings is 1. The van der Waals surface area contributed by atoms with Gasteiger partial charge in [-0.3, -0.25) is 9.78 Å². The van der Waals surface area contributed by atoms with Crippen molar-refractivity contribution < 1.29 is 4.79 Å². The van der Waals surface area contributed by atoms with Crippen LogP contribution in [0.2, 0.25) is 0 Å². The summed E-state index contributed by atoms with van der Waals surface area (Å²) in [5.41, 5.74) is 2.33. The van der Waals surface area contributed by atoms with Crippen LogP contribution in [0.5, 0.6) is 0 Å². The highest BCUT2D eigenvalue weighted by atomic mass is 16.2. The quantitative estimate of drug-likeness (QED) is 0.810. The van der Waals surface area contributed by atoms with E-state index in [1.54, 1.807) is 12.4 Å². The van der Waals surface area contributed by atoms with E-state index < -0.39 is 0 Å². The Labute approximate surface area is 126 Å². The predicted octanol–water partition coefficient (Wildman–Crippen LogP) is 3.62. The van der Waals surface area contributed by atoms with Crippen LogP contribution >= 0.6 is 0 Å². The van der Waals surface area contributed by atoms with Crippen LogP contribution < -0.4 is 0 Å². The Bertz CT molecular complexity index is 554. The smallest absolute Gasteiger partial charge is 0.223 e. The lowest BCUT2D eigenvalue weighted by Crippen LogP contribution is -2.31. The Morgan fingerprint density at radius 3 is 2.43 bits per heavy atom. The summed E-state index contributed by atoms with van der Waals surface area (Å²) >= 11 is 0. The lowest BCUT2D eigenvalue weighted by Gasteiger charge is -2.23. The molecule has 1 aromatic heterocycles. The highest BCUT2D eigenvalue weighted by Crippen LogP contribution is 2.20. The summed E-state index contributed by atoms with van der Waals surface area (Å²) in [5, 5.41) is 0. The summed E-state index contributed by atoms with van der Waals surface area (Å²) < 4.78 is 0. The molecular formula is C18H22N2O. The first kappa shape index (κ1) is 15.2. The van der Waals surface area contributed by atoms with Gasteiger partial charge in [0, 0.05) is 31.9 Å². The molecule has 110 valence electrons. The van der Waals surface area contributed by atoms with Crippen LogP contribution in [0.15, 0.2) is 54.9 Å². The number of benzene rings is 1. The Kier molecular flexibility index (Phi) is 5.50. The molecule has 0 aliphatic rings. The summed E-state index contributed by atoms with van der Waals surface area (Å²) in [5.74, 6) is 0.441. The first-order valence-corrected chi connectivity index (χ1v) is 7.42. The summed E-state index contributed by atoms with van der Waals surface area (Å²) in [6.07, 6.45) is 4.07. The average Bonchev–Trinajstić information content (AvgIpc) is 2.54. The second-order valence-corrected chi connectivity index (χ2v) is 5.28. The van der Waals surface area contributed by atoms with Gasteiger partial charge in [-0.1, -0.05) is 37.3 Å². The van der Waals surface area contributed by atoms with Crippen LogP contribution in [0.25, 0.3) is 0 Å². The molecule has 0 aliphatic carbocycles. The lowest BCUT2D eigenvalue weighted by molar-refractivity contribution is -0.131. The van der Waals surface area contributed by atoms with Crippen molar-refractivity contribution in [2.24, 2.45) is 0 Å². The van der Waals surface area contributed by atoms with Crippen LogP contribution in [0.4, 0.5) is 0 Å². The first-order chi connectivity index (χ1) is 10.2. The molecule has 0 fully saturated rings. The van der Waals surface area contributed by atoms with E-state index >= 15 is 0 Å². The molecule has 1 atom stereocenters. The fraction of sp³-hybridized carbons (Fsp3) is 0.333. The third-order valence-electron chi connectivity index (χ3n) is 3.71. The van der Waals surface area contributed by atoms with Crippen molar-refractivity contribution >= 4 is 5.91 Å². The van der Waals surface area contributed by atoms with E-state index in [9.17, 15) is 4.79 Å². The van der Waals surface area contributed by atoms with E-state index in [2.05, 4.69) is 24.0 Å². The normalized spacial score (nSPS) is 11.9. The maximum atomic E-state index is 12.5. The Hall–Kier alpha value is -2.16. The number of nitrogens with zero attached hydrogens (tertiary/aromatic N) is 2. The second kappa shape index (κ2) is 7.58. The summed E-state index contributed by atoms with van der Waals surface area (Å²) in [7, 11) is 0. The highest BCUT2D eigenvalue weighted by Gasteiger charge is 2.16. The van der Waals surface area contributed by atoms with Gasteiger partial charge in [-0.05, 0) is 36.1 Å². The zero-order valence-electron chi connectivity index (χ0n) is 12.7. The maximum absolute atomic E-state index is 12.5. The van der Waals surface area contributed by atoms with E-state index in [-0.39, 0.29) is 11.8 Å². The number of hydrogen-bond donors (Lipinski definition) is 0. The molecule has 0 N–H and O–H groups in total. The molecular weight excluding hydrogens is 260 g/mol. The molecule has 1 aromatic carbocycles. The minimum atomic E-state index is 0.200. The number of aromatic nitrogens is 1. The van der Waals surface area contributed by atoms with Crippen molar-refractivity contribution in [1.82, 2.24) is 9.88 Å². The van der Waals surface area contributed by atoms with Crippen molar-refractivity contribution in [3.8, 4) is 0 Å². The Morgan fingerprint density at radius 2 is 1.81 bits per heavy atom. The molecule has 0 saturated carbocycles. The van der Waals surface area contributed by atoms with Crippen molar-refractivity contribution in [1.29, 1.82) is 0 Å². The van der Waals surface area contributed by atoms with Crippen molar-refractivity contribution in [3.05, 3.63) is 66.0 Å².